The number of amides is 2. The van der Waals surface area contributed by atoms with Crippen LogP contribution in [0.4, 0.5) is 0 Å². The van der Waals surface area contributed by atoms with Crippen LogP contribution < -0.4 is 15.4 Å². The van der Waals surface area contributed by atoms with E-state index >= 15 is 0 Å². The maximum Gasteiger partial charge on any atom is 0.251 e. The van der Waals surface area contributed by atoms with Crippen LogP contribution in [0.15, 0.2) is 48.8 Å². The first-order valence-corrected chi connectivity index (χ1v) is 6.80. The number of pyridine rings is 1. The van der Waals surface area contributed by atoms with Crippen molar-refractivity contribution in [3.8, 4) is 11.5 Å². The average Bonchev–Trinajstić information content (AvgIpc) is 2.55. The standard InChI is InChI=1S/C16H17N3O3/c1-11(15(20)17-2)19-16(21)12-5-7-13(8-6-12)22-14-4-3-9-18-10-14/h3-11H,1-2H3,(H,17,20)(H,19,21)/t11-/m1/s1. The molecule has 0 fully saturated rings. The number of benzene rings is 1. The van der Waals surface area contributed by atoms with Gasteiger partial charge < -0.3 is 15.4 Å². The van der Waals surface area contributed by atoms with Crippen molar-refractivity contribution in [2.24, 2.45) is 0 Å². The molecule has 0 saturated carbocycles. The van der Waals surface area contributed by atoms with E-state index in [0.717, 1.165) is 0 Å². The summed E-state index contributed by atoms with van der Waals surface area (Å²) in [5.41, 5.74) is 0.453. The quantitative estimate of drug-likeness (QED) is 0.881. The zero-order valence-electron chi connectivity index (χ0n) is 12.4. The molecule has 1 aromatic heterocycles. The number of likely N-dealkylation sites (N-methyl/N-ethyl adjacent to an activating group) is 1. The summed E-state index contributed by atoms with van der Waals surface area (Å²) in [5, 5.41) is 5.09. The fraction of sp³-hybridized carbons (Fsp3) is 0.188. The van der Waals surface area contributed by atoms with Gasteiger partial charge in [-0.05, 0) is 43.3 Å². The monoisotopic (exact) mass is 299 g/mol. The zero-order chi connectivity index (χ0) is 15.9. The molecule has 114 valence electrons. The Kier molecular flexibility index (Phi) is 5.08. The van der Waals surface area contributed by atoms with E-state index in [4.69, 9.17) is 4.74 Å². The maximum absolute atomic E-state index is 12.0. The van der Waals surface area contributed by atoms with Gasteiger partial charge in [0.05, 0.1) is 6.20 Å². The number of ether oxygens (including phenoxy) is 1. The Balaban J connectivity index is 1.99. The molecule has 2 amide bonds. The highest BCUT2D eigenvalue weighted by molar-refractivity contribution is 5.97. The molecule has 2 rings (SSSR count). The van der Waals surface area contributed by atoms with Crippen molar-refractivity contribution >= 4 is 11.8 Å². The minimum absolute atomic E-state index is 0.245. The second-order valence-corrected chi connectivity index (χ2v) is 4.62. The van der Waals surface area contributed by atoms with E-state index in [1.165, 1.54) is 7.05 Å². The first-order valence-electron chi connectivity index (χ1n) is 6.80. The molecule has 0 aliphatic carbocycles. The Labute approximate surface area is 128 Å². The van der Waals surface area contributed by atoms with Crippen LogP contribution in [0.5, 0.6) is 11.5 Å². The fourth-order valence-electron chi connectivity index (χ4n) is 1.78. The molecule has 6 nitrogen and oxygen atoms in total. The van der Waals surface area contributed by atoms with E-state index in [2.05, 4.69) is 15.6 Å². The molecule has 1 heterocycles. The molecule has 1 atom stereocenters. The number of rotatable bonds is 5. The number of carbonyl (C=O) groups excluding carboxylic acids is 2. The smallest absolute Gasteiger partial charge is 0.251 e. The van der Waals surface area contributed by atoms with Crippen LogP contribution in [-0.2, 0) is 4.79 Å². The maximum atomic E-state index is 12.0. The second-order valence-electron chi connectivity index (χ2n) is 4.62. The van der Waals surface area contributed by atoms with Crippen LogP contribution >= 0.6 is 0 Å². The van der Waals surface area contributed by atoms with Crippen molar-refractivity contribution < 1.29 is 14.3 Å². The van der Waals surface area contributed by atoms with E-state index < -0.39 is 6.04 Å². The Bertz CT molecular complexity index is 641. The van der Waals surface area contributed by atoms with Gasteiger partial charge in [-0.25, -0.2) is 0 Å². The first-order chi connectivity index (χ1) is 10.6. The molecule has 0 saturated heterocycles. The highest BCUT2D eigenvalue weighted by Gasteiger charge is 2.15. The van der Waals surface area contributed by atoms with Crippen molar-refractivity contribution in [3.63, 3.8) is 0 Å². The van der Waals surface area contributed by atoms with Crippen LogP contribution in [-0.4, -0.2) is 29.9 Å². The number of nitrogens with zero attached hydrogens (tertiary/aromatic N) is 1. The molecule has 0 spiro atoms. The Morgan fingerprint density at radius 1 is 1.14 bits per heavy atom. The number of hydrogen-bond acceptors (Lipinski definition) is 4. The summed E-state index contributed by atoms with van der Waals surface area (Å²) in [4.78, 5) is 27.3. The lowest BCUT2D eigenvalue weighted by molar-refractivity contribution is -0.122. The lowest BCUT2D eigenvalue weighted by atomic mass is 10.2. The number of nitrogens with one attached hydrogen (secondary N) is 2. The first kappa shape index (κ1) is 15.5. The molecule has 0 radical (unpaired) electrons. The van der Waals surface area contributed by atoms with Gasteiger partial charge >= 0.3 is 0 Å². The minimum Gasteiger partial charge on any atom is -0.456 e. The summed E-state index contributed by atoms with van der Waals surface area (Å²) in [7, 11) is 1.52. The molecule has 0 aliphatic heterocycles. The zero-order valence-corrected chi connectivity index (χ0v) is 12.4. The largest absolute Gasteiger partial charge is 0.456 e. The van der Waals surface area contributed by atoms with Gasteiger partial charge in [-0.3, -0.25) is 14.6 Å². The lowest BCUT2D eigenvalue weighted by Gasteiger charge is -2.12. The molecule has 1 aromatic carbocycles. The van der Waals surface area contributed by atoms with Crippen LogP contribution in [0.2, 0.25) is 0 Å². The van der Waals surface area contributed by atoms with E-state index in [0.29, 0.717) is 17.1 Å². The van der Waals surface area contributed by atoms with Gasteiger partial charge in [0.2, 0.25) is 5.91 Å². The van der Waals surface area contributed by atoms with Crippen LogP contribution in [0.3, 0.4) is 0 Å². The molecule has 22 heavy (non-hydrogen) atoms. The molecule has 2 aromatic rings. The van der Waals surface area contributed by atoms with Crippen molar-refractivity contribution in [1.82, 2.24) is 15.6 Å². The summed E-state index contributed by atoms with van der Waals surface area (Å²) in [5.74, 6) is 0.658. The van der Waals surface area contributed by atoms with Gasteiger partial charge in [-0.1, -0.05) is 0 Å². The lowest BCUT2D eigenvalue weighted by Crippen LogP contribution is -2.43. The normalized spacial score (nSPS) is 11.4. The number of hydrogen-bond donors (Lipinski definition) is 2. The summed E-state index contributed by atoms with van der Waals surface area (Å²) in [6, 6.07) is 9.62. The highest BCUT2D eigenvalue weighted by atomic mass is 16.5. The van der Waals surface area contributed by atoms with Gasteiger partial charge in [0.15, 0.2) is 0 Å². The summed E-state index contributed by atoms with van der Waals surface area (Å²) >= 11 is 0. The van der Waals surface area contributed by atoms with E-state index in [1.54, 1.807) is 55.7 Å². The molecule has 6 heteroatoms. The third kappa shape index (κ3) is 4.05. The Hall–Kier alpha value is -2.89. The van der Waals surface area contributed by atoms with Gasteiger partial charge in [-0.2, -0.15) is 0 Å². The summed E-state index contributed by atoms with van der Waals surface area (Å²) in [6.45, 7) is 1.62. The SMILES string of the molecule is CNC(=O)[C@@H](C)NC(=O)c1ccc(Oc2cccnc2)cc1. The van der Waals surface area contributed by atoms with Crippen LogP contribution in [0.1, 0.15) is 17.3 Å². The molecule has 0 bridgehead atoms. The minimum atomic E-state index is -0.594. The Morgan fingerprint density at radius 2 is 1.86 bits per heavy atom. The third-order valence-electron chi connectivity index (χ3n) is 2.97. The second kappa shape index (κ2) is 7.21. The van der Waals surface area contributed by atoms with Gasteiger partial charge in [0, 0.05) is 18.8 Å². The molecular formula is C16H17N3O3. The van der Waals surface area contributed by atoms with Crippen LogP contribution in [0, 0.1) is 0 Å². The number of aromatic nitrogens is 1. The molecule has 0 aliphatic rings. The van der Waals surface area contributed by atoms with E-state index in [9.17, 15) is 9.59 Å². The highest BCUT2D eigenvalue weighted by Crippen LogP contribution is 2.20. The van der Waals surface area contributed by atoms with E-state index in [1.807, 2.05) is 0 Å². The molecular weight excluding hydrogens is 282 g/mol. The van der Waals surface area contributed by atoms with Gasteiger partial charge in [-0.15, -0.1) is 0 Å². The average molecular weight is 299 g/mol. The third-order valence-corrected chi connectivity index (χ3v) is 2.97. The van der Waals surface area contributed by atoms with Crippen molar-refractivity contribution in [3.05, 3.63) is 54.4 Å². The van der Waals surface area contributed by atoms with Crippen LogP contribution in [0.25, 0.3) is 0 Å². The Morgan fingerprint density at radius 3 is 2.45 bits per heavy atom. The molecule has 2 N–H and O–H groups in total. The predicted molar refractivity (Wildman–Crippen MR) is 81.7 cm³/mol. The van der Waals surface area contributed by atoms with Crippen molar-refractivity contribution in [2.45, 2.75) is 13.0 Å². The molecule has 0 unspecified atom stereocenters. The summed E-state index contributed by atoms with van der Waals surface area (Å²) in [6.07, 6.45) is 3.26. The van der Waals surface area contributed by atoms with Gasteiger partial charge in [0.1, 0.15) is 17.5 Å². The van der Waals surface area contributed by atoms with Gasteiger partial charge in [0.25, 0.3) is 5.91 Å². The van der Waals surface area contributed by atoms with Crippen molar-refractivity contribution in [1.29, 1.82) is 0 Å². The predicted octanol–water partition coefficient (Wildman–Crippen LogP) is 1.74. The number of carbonyl (C=O) groups is 2. The van der Waals surface area contributed by atoms with E-state index in [-0.39, 0.29) is 11.8 Å². The van der Waals surface area contributed by atoms with Crippen molar-refractivity contribution in [2.75, 3.05) is 7.05 Å². The topological polar surface area (TPSA) is 80.3 Å². The fourth-order valence-corrected chi connectivity index (χ4v) is 1.78. The summed E-state index contributed by atoms with van der Waals surface area (Å²) < 4.78 is 5.59.